The van der Waals surface area contributed by atoms with E-state index in [-0.39, 0.29) is 11.9 Å². The Morgan fingerprint density at radius 1 is 1.44 bits per heavy atom. The van der Waals surface area contributed by atoms with E-state index in [1.54, 1.807) is 0 Å². The van der Waals surface area contributed by atoms with Crippen LogP contribution in [0.5, 0.6) is 0 Å². The smallest absolute Gasteiger partial charge is 0.171 e. The molecule has 3 rings (SSSR count). The van der Waals surface area contributed by atoms with Gasteiger partial charge in [0.1, 0.15) is 0 Å². The van der Waals surface area contributed by atoms with Crippen molar-refractivity contribution in [2.75, 3.05) is 13.2 Å². The Morgan fingerprint density at radius 3 is 2.75 bits per heavy atom. The van der Waals surface area contributed by atoms with E-state index < -0.39 is 0 Å². The summed E-state index contributed by atoms with van der Waals surface area (Å²) in [4.78, 5) is 0. The maximum Gasteiger partial charge on any atom is 0.171 e. The van der Waals surface area contributed by atoms with E-state index in [0.717, 1.165) is 32.1 Å². The molecule has 1 spiro atoms. The van der Waals surface area contributed by atoms with Crippen molar-refractivity contribution in [3.05, 3.63) is 12.2 Å². The number of hydrogen-bond donors (Lipinski definition) is 1. The maximum atomic E-state index is 10.1. The van der Waals surface area contributed by atoms with Crippen molar-refractivity contribution in [2.45, 2.75) is 44.0 Å². The molecule has 16 heavy (non-hydrogen) atoms. The van der Waals surface area contributed by atoms with E-state index in [1.165, 1.54) is 5.57 Å². The summed E-state index contributed by atoms with van der Waals surface area (Å²) >= 11 is 0. The summed E-state index contributed by atoms with van der Waals surface area (Å²) in [5.41, 5.74) is 1.20. The number of ether oxygens (including phenoxy) is 2. The van der Waals surface area contributed by atoms with E-state index in [2.05, 4.69) is 6.58 Å². The average Bonchev–Trinajstić information content (AvgIpc) is 2.71. The molecule has 0 radical (unpaired) electrons. The first-order valence-electron chi connectivity index (χ1n) is 6.35. The Labute approximate surface area is 96.4 Å². The lowest BCUT2D eigenvalue weighted by atomic mass is 9.93. The lowest BCUT2D eigenvalue weighted by Gasteiger charge is -2.30. The van der Waals surface area contributed by atoms with Crippen LogP contribution in [0.25, 0.3) is 0 Å². The minimum atomic E-state index is -0.350. The highest BCUT2D eigenvalue weighted by molar-refractivity contribution is 5.21. The fourth-order valence-electron chi connectivity index (χ4n) is 3.25. The Balaban J connectivity index is 1.63. The molecule has 3 aliphatic rings. The van der Waals surface area contributed by atoms with Crippen molar-refractivity contribution < 1.29 is 14.6 Å². The van der Waals surface area contributed by atoms with Gasteiger partial charge < -0.3 is 14.6 Å². The largest absolute Gasteiger partial charge is 0.392 e. The van der Waals surface area contributed by atoms with Gasteiger partial charge in [-0.15, -0.1) is 0 Å². The molecule has 0 bridgehead atoms. The van der Waals surface area contributed by atoms with Crippen LogP contribution >= 0.6 is 0 Å². The molecule has 3 fully saturated rings. The highest BCUT2D eigenvalue weighted by Crippen LogP contribution is 2.48. The van der Waals surface area contributed by atoms with Gasteiger partial charge in [-0.25, -0.2) is 0 Å². The fraction of sp³-hybridized carbons (Fsp3) is 0.846. The van der Waals surface area contributed by atoms with E-state index in [1.807, 2.05) is 0 Å². The van der Waals surface area contributed by atoms with Crippen molar-refractivity contribution >= 4 is 0 Å². The van der Waals surface area contributed by atoms with Gasteiger partial charge in [-0.05, 0) is 25.7 Å². The number of rotatable bonds is 3. The van der Waals surface area contributed by atoms with Crippen LogP contribution in [0.3, 0.4) is 0 Å². The second-order valence-electron chi connectivity index (χ2n) is 5.37. The quantitative estimate of drug-likeness (QED) is 0.744. The zero-order valence-electron chi connectivity index (χ0n) is 9.65. The summed E-state index contributed by atoms with van der Waals surface area (Å²) in [5.74, 6) is 0.370. The Kier molecular flexibility index (Phi) is 2.57. The normalized spacial score (nSPS) is 38.2. The predicted molar refractivity (Wildman–Crippen MR) is 59.8 cm³/mol. The molecule has 1 saturated heterocycles. The molecule has 0 aromatic heterocycles. The minimum Gasteiger partial charge on any atom is -0.392 e. The molecule has 1 aliphatic heterocycles. The molecular weight excluding hydrogens is 204 g/mol. The summed E-state index contributed by atoms with van der Waals surface area (Å²) in [6, 6.07) is 0. The highest BCUT2D eigenvalue weighted by Gasteiger charge is 2.49. The van der Waals surface area contributed by atoms with E-state index in [0.29, 0.717) is 25.0 Å². The molecule has 90 valence electrons. The first kappa shape index (κ1) is 10.8. The topological polar surface area (TPSA) is 38.7 Å². The number of aliphatic hydroxyl groups is 1. The zero-order chi connectivity index (χ0) is 11.2. The van der Waals surface area contributed by atoms with Crippen molar-refractivity contribution in [3.8, 4) is 0 Å². The third-order valence-corrected chi connectivity index (χ3v) is 4.31. The van der Waals surface area contributed by atoms with Gasteiger partial charge in [0.25, 0.3) is 0 Å². The summed E-state index contributed by atoms with van der Waals surface area (Å²) in [5, 5.41) is 10.1. The first-order valence-corrected chi connectivity index (χ1v) is 6.35. The Morgan fingerprint density at radius 2 is 2.12 bits per heavy atom. The molecule has 1 heterocycles. The summed E-state index contributed by atoms with van der Waals surface area (Å²) in [7, 11) is 0. The Bertz CT molecular complexity index is 288. The molecule has 3 nitrogen and oxygen atoms in total. The second-order valence-corrected chi connectivity index (χ2v) is 5.37. The van der Waals surface area contributed by atoms with E-state index in [4.69, 9.17) is 9.47 Å². The summed E-state index contributed by atoms with van der Waals surface area (Å²) in [6.07, 6.45) is 4.85. The molecule has 2 saturated carbocycles. The molecule has 0 aromatic rings. The van der Waals surface area contributed by atoms with Crippen LogP contribution in [-0.4, -0.2) is 30.2 Å². The van der Waals surface area contributed by atoms with Gasteiger partial charge in [-0.3, -0.25) is 0 Å². The average molecular weight is 224 g/mol. The van der Waals surface area contributed by atoms with Gasteiger partial charge in [0, 0.05) is 18.3 Å². The molecule has 3 atom stereocenters. The van der Waals surface area contributed by atoms with Crippen LogP contribution in [0.4, 0.5) is 0 Å². The molecule has 1 N–H and O–H groups in total. The lowest BCUT2D eigenvalue weighted by molar-refractivity contribution is -0.187. The summed E-state index contributed by atoms with van der Waals surface area (Å²) < 4.78 is 11.6. The van der Waals surface area contributed by atoms with Gasteiger partial charge in [0.2, 0.25) is 0 Å². The van der Waals surface area contributed by atoms with Crippen LogP contribution in [0, 0.1) is 11.8 Å². The molecule has 2 aliphatic carbocycles. The fourth-order valence-corrected chi connectivity index (χ4v) is 3.25. The number of aliphatic hydroxyl groups excluding tert-OH is 1. The molecule has 0 aromatic carbocycles. The van der Waals surface area contributed by atoms with Crippen LogP contribution in [0.2, 0.25) is 0 Å². The first-order chi connectivity index (χ1) is 7.71. The Hall–Kier alpha value is -0.380. The van der Waals surface area contributed by atoms with Gasteiger partial charge in [0.15, 0.2) is 5.79 Å². The van der Waals surface area contributed by atoms with Crippen LogP contribution < -0.4 is 0 Å². The van der Waals surface area contributed by atoms with Gasteiger partial charge in [-0.2, -0.15) is 0 Å². The highest BCUT2D eigenvalue weighted by atomic mass is 16.7. The molecule has 0 amide bonds. The van der Waals surface area contributed by atoms with Crippen molar-refractivity contribution in [1.29, 1.82) is 0 Å². The predicted octanol–water partition coefficient (Wildman–Crippen LogP) is 1.86. The van der Waals surface area contributed by atoms with E-state index in [9.17, 15) is 5.11 Å². The monoisotopic (exact) mass is 224 g/mol. The third kappa shape index (κ3) is 1.71. The number of hydrogen-bond acceptors (Lipinski definition) is 3. The van der Waals surface area contributed by atoms with Gasteiger partial charge >= 0.3 is 0 Å². The van der Waals surface area contributed by atoms with Gasteiger partial charge in [-0.1, -0.05) is 12.2 Å². The van der Waals surface area contributed by atoms with Gasteiger partial charge in [0.05, 0.1) is 19.3 Å². The van der Waals surface area contributed by atoms with Crippen molar-refractivity contribution in [3.63, 3.8) is 0 Å². The summed E-state index contributed by atoms with van der Waals surface area (Å²) in [6.45, 7) is 5.33. The zero-order valence-corrected chi connectivity index (χ0v) is 9.65. The molecule has 3 unspecified atom stereocenters. The van der Waals surface area contributed by atoms with Crippen LogP contribution in [-0.2, 0) is 9.47 Å². The minimum absolute atomic E-state index is 0.236. The molecular formula is C13H20O3. The molecule has 3 heteroatoms. The SMILES string of the molecule is C=C1CC1C(O)CC1CCCC12OCCO2. The van der Waals surface area contributed by atoms with Crippen molar-refractivity contribution in [2.24, 2.45) is 11.8 Å². The van der Waals surface area contributed by atoms with Crippen molar-refractivity contribution in [1.82, 2.24) is 0 Å². The standard InChI is InChI=1S/C13H20O3/c1-9-7-11(9)12(14)8-10-3-2-4-13(10)15-5-6-16-13/h10-12,14H,1-8H2. The lowest BCUT2D eigenvalue weighted by Crippen LogP contribution is -2.36. The van der Waals surface area contributed by atoms with E-state index >= 15 is 0 Å². The van der Waals surface area contributed by atoms with Crippen LogP contribution in [0.15, 0.2) is 12.2 Å². The van der Waals surface area contributed by atoms with Crippen LogP contribution in [0.1, 0.15) is 32.1 Å². The second kappa shape index (κ2) is 3.83. The maximum absolute atomic E-state index is 10.1. The third-order valence-electron chi connectivity index (χ3n) is 4.31.